The summed E-state index contributed by atoms with van der Waals surface area (Å²) in [6.07, 6.45) is 2.44. The number of benzene rings is 2. The first kappa shape index (κ1) is 19.7. The van der Waals surface area contributed by atoms with E-state index in [1.54, 1.807) is 0 Å². The van der Waals surface area contributed by atoms with Gasteiger partial charge in [-0.1, -0.05) is 35.9 Å². The molecule has 1 saturated heterocycles. The highest BCUT2D eigenvalue weighted by Gasteiger charge is 2.29. The summed E-state index contributed by atoms with van der Waals surface area (Å²) < 4.78 is 7.92. The lowest BCUT2D eigenvalue weighted by atomic mass is 10.2. The summed E-state index contributed by atoms with van der Waals surface area (Å²) in [5.41, 5.74) is 2.13. The number of carboxylic acids is 1. The van der Waals surface area contributed by atoms with Gasteiger partial charge < -0.3 is 9.84 Å². The molecule has 3 aromatic rings. The van der Waals surface area contributed by atoms with E-state index in [0.29, 0.717) is 24.1 Å². The highest BCUT2D eigenvalue weighted by Crippen LogP contribution is 2.26. The lowest BCUT2D eigenvalue weighted by molar-refractivity contribution is -0.142. The SMILES string of the molecule is O=C(O)[C@@H]1CCCN1CCCOc1nn(Cc2ccc(Cl)cc2)c2ccccc12. The molecular weight excluding hydrogens is 390 g/mol. The number of carbonyl (C=O) groups is 1. The Labute approximate surface area is 174 Å². The molecule has 2 heterocycles. The minimum atomic E-state index is -0.727. The summed E-state index contributed by atoms with van der Waals surface area (Å²) in [4.78, 5) is 13.3. The molecule has 152 valence electrons. The first-order valence-corrected chi connectivity index (χ1v) is 10.3. The van der Waals surface area contributed by atoms with E-state index >= 15 is 0 Å². The molecule has 0 amide bonds. The van der Waals surface area contributed by atoms with Crippen molar-refractivity contribution < 1.29 is 14.6 Å². The highest BCUT2D eigenvalue weighted by atomic mass is 35.5. The van der Waals surface area contributed by atoms with Crippen molar-refractivity contribution in [2.24, 2.45) is 0 Å². The van der Waals surface area contributed by atoms with E-state index in [-0.39, 0.29) is 6.04 Å². The Morgan fingerprint density at radius 1 is 1.21 bits per heavy atom. The van der Waals surface area contributed by atoms with Crippen LogP contribution in [0.3, 0.4) is 0 Å². The minimum Gasteiger partial charge on any atom is -0.480 e. The van der Waals surface area contributed by atoms with Crippen molar-refractivity contribution in [3.8, 4) is 5.88 Å². The summed E-state index contributed by atoms with van der Waals surface area (Å²) in [7, 11) is 0. The fourth-order valence-electron chi connectivity index (χ4n) is 3.90. The van der Waals surface area contributed by atoms with Crippen LogP contribution in [0.4, 0.5) is 0 Å². The van der Waals surface area contributed by atoms with Gasteiger partial charge >= 0.3 is 5.97 Å². The molecule has 0 aliphatic carbocycles. The molecule has 0 bridgehead atoms. The molecule has 0 spiro atoms. The molecule has 0 unspecified atom stereocenters. The number of aliphatic carboxylic acids is 1. The zero-order valence-corrected chi connectivity index (χ0v) is 16.9. The maximum atomic E-state index is 11.3. The Morgan fingerprint density at radius 3 is 2.79 bits per heavy atom. The third kappa shape index (κ3) is 4.54. The van der Waals surface area contributed by atoms with E-state index in [9.17, 15) is 9.90 Å². The predicted molar refractivity (Wildman–Crippen MR) is 113 cm³/mol. The van der Waals surface area contributed by atoms with Crippen molar-refractivity contribution in [1.82, 2.24) is 14.7 Å². The van der Waals surface area contributed by atoms with Crippen molar-refractivity contribution in [3.63, 3.8) is 0 Å². The highest BCUT2D eigenvalue weighted by molar-refractivity contribution is 6.30. The van der Waals surface area contributed by atoms with Gasteiger partial charge in [0.2, 0.25) is 5.88 Å². The molecule has 0 saturated carbocycles. The second-order valence-corrected chi connectivity index (χ2v) is 7.78. The first-order valence-electron chi connectivity index (χ1n) is 9.91. The lowest BCUT2D eigenvalue weighted by Gasteiger charge is -2.20. The first-order chi connectivity index (χ1) is 14.1. The summed E-state index contributed by atoms with van der Waals surface area (Å²) in [5, 5.41) is 15.6. The van der Waals surface area contributed by atoms with Gasteiger partial charge in [0.15, 0.2) is 0 Å². The average molecular weight is 414 g/mol. The van der Waals surface area contributed by atoms with Gasteiger partial charge in [-0.25, -0.2) is 0 Å². The topological polar surface area (TPSA) is 67.6 Å². The third-order valence-electron chi connectivity index (χ3n) is 5.35. The predicted octanol–water partition coefficient (Wildman–Crippen LogP) is 4.06. The normalized spacial score (nSPS) is 17.1. The largest absolute Gasteiger partial charge is 0.480 e. The van der Waals surface area contributed by atoms with Gasteiger partial charge in [0.25, 0.3) is 0 Å². The van der Waals surface area contributed by atoms with Gasteiger partial charge in [-0.05, 0) is 55.6 Å². The van der Waals surface area contributed by atoms with Crippen LogP contribution in [0.1, 0.15) is 24.8 Å². The Hall–Kier alpha value is -2.57. The van der Waals surface area contributed by atoms with E-state index in [4.69, 9.17) is 16.3 Å². The van der Waals surface area contributed by atoms with Crippen LogP contribution in [0.2, 0.25) is 5.02 Å². The van der Waals surface area contributed by atoms with E-state index in [2.05, 4.69) is 5.10 Å². The van der Waals surface area contributed by atoms with Crippen LogP contribution >= 0.6 is 11.6 Å². The lowest BCUT2D eigenvalue weighted by Crippen LogP contribution is -2.36. The molecule has 7 heteroatoms. The molecule has 1 aliphatic heterocycles. The fourth-order valence-corrected chi connectivity index (χ4v) is 4.02. The number of ether oxygens (including phenoxy) is 1. The molecule has 2 aromatic carbocycles. The fraction of sp³-hybridized carbons (Fsp3) is 0.364. The zero-order valence-electron chi connectivity index (χ0n) is 16.1. The molecule has 29 heavy (non-hydrogen) atoms. The number of nitrogens with zero attached hydrogens (tertiary/aromatic N) is 3. The second kappa shape index (κ2) is 8.84. The molecule has 1 aliphatic rings. The van der Waals surface area contributed by atoms with E-state index in [1.807, 2.05) is 58.1 Å². The number of hydrogen-bond acceptors (Lipinski definition) is 4. The van der Waals surface area contributed by atoms with Gasteiger partial charge in [-0.15, -0.1) is 5.10 Å². The maximum Gasteiger partial charge on any atom is 0.320 e. The molecule has 1 atom stereocenters. The van der Waals surface area contributed by atoms with Crippen molar-refractivity contribution >= 4 is 28.5 Å². The van der Waals surface area contributed by atoms with E-state index in [0.717, 1.165) is 48.8 Å². The number of fused-ring (bicyclic) bond motifs is 1. The van der Waals surface area contributed by atoms with Crippen LogP contribution < -0.4 is 4.74 Å². The Balaban J connectivity index is 1.41. The van der Waals surface area contributed by atoms with Crippen molar-refractivity contribution in [3.05, 3.63) is 59.1 Å². The summed E-state index contributed by atoms with van der Waals surface area (Å²) in [5.74, 6) is -0.110. The molecule has 4 rings (SSSR count). The molecular formula is C22H24ClN3O3. The smallest absolute Gasteiger partial charge is 0.320 e. The second-order valence-electron chi connectivity index (χ2n) is 7.34. The van der Waals surface area contributed by atoms with Gasteiger partial charge in [-0.3, -0.25) is 14.4 Å². The molecule has 6 nitrogen and oxygen atoms in total. The van der Waals surface area contributed by atoms with E-state index in [1.165, 1.54) is 0 Å². The Morgan fingerprint density at radius 2 is 2.00 bits per heavy atom. The van der Waals surface area contributed by atoms with Gasteiger partial charge in [-0.2, -0.15) is 0 Å². The summed E-state index contributed by atoms with van der Waals surface area (Å²) in [6, 6.07) is 15.4. The Kier molecular flexibility index (Phi) is 6.02. The van der Waals surface area contributed by atoms with E-state index < -0.39 is 5.97 Å². The summed E-state index contributed by atoms with van der Waals surface area (Å²) in [6.45, 7) is 2.70. The Bertz CT molecular complexity index is 987. The van der Waals surface area contributed by atoms with Crippen LogP contribution in [0, 0.1) is 0 Å². The third-order valence-corrected chi connectivity index (χ3v) is 5.60. The number of likely N-dealkylation sites (tertiary alicyclic amines) is 1. The number of para-hydroxylation sites is 1. The van der Waals surface area contributed by atoms with Crippen LogP contribution in [0.25, 0.3) is 10.9 Å². The number of carboxylic acid groups (broad SMARTS) is 1. The molecule has 1 N–H and O–H groups in total. The zero-order chi connectivity index (χ0) is 20.2. The van der Waals surface area contributed by atoms with Crippen molar-refractivity contribution in [1.29, 1.82) is 0 Å². The van der Waals surface area contributed by atoms with Gasteiger partial charge in [0.1, 0.15) is 6.04 Å². The van der Waals surface area contributed by atoms with Crippen LogP contribution in [-0.2, 0) is 11.3 Å². The average Bonchev–Trinajstić information content (AvgIpc) is 3.32. The number of aromatic nitrogens is 2. The molecule has 1 aromatic heterocycles. The van der Waals surface area contributed by atoms with Crippen LogP contribution in [0.15, 0.2) is 48.5 Å². The van der Waals surface area contributed by atoms with Crippen LogP contribution in [-0.4, -0.2) is 51.5 Å². The van der Waals surface area contributed by atoms with Crippen molar-refractivity contribution in [2.75, 3.05) is 19.7 Å². The number of rotatable bonds is 8. The monoisotopic (exact) mass is 413 g/mol. The van der Waals surface area contributed by atoms with Crippen molar-refractivity contribution in [2.45, 2.75) is 31.8 Å². The van der Waals surface area contributed by atoms with Gasteiger partial charge in [0, 0.05) is 11.6 Å². The van der Waals surface area contributed by atoms with Gasteiger partial charge in [0.05, 0.1) is 24.1 Å². The standard InChI is InChI=1S/C22H24ClN3O3/c23-17-10-8-16(9-11-17)15-26-19-6-2-1-5-18(19)21(24-26)29-14-4-13-25-12-3-7-20(25)22(27)28/h1-2,5-6,8-11,20H,3-4,7,12-15H2,(H,27,28)/t20-/m0/s1. The number of halogens is 1. The summed E-state index contributed by atoms with van der Waals surface area (Å²) >= 11 is 5.98. The number of hydrogen-bond donors (Lipinski definition) is 1. The quantitative estimate of drug-likeness (QED) is 0.564. The van der Waals surface area contributed by atoms with Crippen LogP contribution in [0.5, 0.6) is 5.88 Å². The minimum absolute atomic E-state index is 0.352. The maximum absolute atomic E-state index is 11.3. The molecule has 1 fully saturated rings. The molecule has 0 radical (unpaired) electrons.